The highest BCUT2D eigenvalue weighted by Crippen LogP contribution is 2.34. The number of hydrogen-bond acceptors (Lipinski definition) is 3. The molecule has 1 heterocycles. The summed E-state index contributed by atoms with van der Waals surface area (Å²) >= 11 is 5.88. The zero-order valence-corrected chi connectivity index (χ0v) is 16.1. The SMILES string of the molecule is CCCN1C(=O)COc2ccc(NC(=O)CCCc3ccc(Cl)cc3)cc21. The molecule has 1 N–H and O–H groups in total. The summed E-state index contributed by atoms with van der Waals surface area (Å²) in [6.45, 7) is 2.71. The molecule has 5 nitrogen and oxygen atoms in total. The Labute approximate surface area is 164 Å². The maximum absolute atomic E-state index is 12.3. The molecule has 27 heavy (non-hydrogen) atoms. The van der Waals surface area contributed by atoms with Crippen molar-refractivity contribution < 1.29 is 14.3 Å². The summed E-state index contributed by atoms with van der Waals surface area (Å²) < 4.78 is 5.48. The Bertz CT molecular complexity index is 821. The van der Waals surface area contributed by atoms with Crippen molar-refractivity contribution in [3.63, 3.8) is 0 Å². The second-order valence-electron chi connectivity index (χ2n) is 6.54. The Balaban J connectivity index is 1.58. The van der Waals surface area contributed by atoms with E-state index in [1.165, 1.54) is 0 Å². The molecule has 0 unspecified atom stereocenters. The Hall–Kier alpha value is -2.53. The second-order valence-corrected chi connectivity index (χ2v) is 6.98. The number of ether oxygens (including phenoxy) is 1. The number of rotatable bonds is 7. The fraction of sp³-hybridized carbons (Fsp3) is 0.333. The predicted molar refractivity (Wildman–Crippen MR) is 108 cm³/mol. The molecule has 0 atom stereocenters. The van der Waals surface area contributed by atoms with Crippen molar-refractivity contribution in [3.8, 4) is 5.75 Å². The second kappa shape index (κ2) is 8.91. The summed E-state index contributed by atoms with van der Waals surface area (Å²) in [5.41, 5.74) is 2.54. The molecule has 2 aromatic rings. The number of amides is 2. The van der Waals surface area contributed by atoms with Gasteiger partial charge in [-0.15, -0.1) is 0 Å². The Kier molecular flexibility index (Phi) is 6.35. The van der Waals surface area contributed by atoms with Gasteiger partial charge in [0.25, 0.3) is 5.91 Å². The fourth-order valence-electron chi connectivity index (χ4n) is 3.08. The van der Waals surface area contributed by atoms with E-state index in [4.69, 9.17) is 16.3 Å². The monoisotopic (exact) mass is 386 g/mol. The zero-order chi connectivity index (χ0) is 19.2. The lowest BCUT2D eigenvalue weighted by atomic mass is 10.1. The van der Waals surface area contributed by atoms with Gasteiger partial charge in [-0.05, 0) is 55.2 Å². The number of hydrogen-bond donors (Lipinski definition) is 1. The number of carbonyl (C=O) groups excluding carboxylic acids is 2. The van der Waals surface area contributed by atoms with Gasteiger partial charge < -0.3 is 15.0 Å². The van der Waals surface area contributed by atoms with Crippen LogP contribution in [0.3, 0.4) is 0 Å². The number of nitrogens with zero attached hydrogens (tertiary/aromatic N) is 1. The molecule has 6 heteroatoms. The zero-order valence-electron chi connectivity index (χ0n) is 15.3. The first-order valence-corrected chi connectivity index (χ1v) is 9.56. The lowest BCUT2D eigenvalue weighted by Gasteiger charge is -2.29. The number of nitrogens with one attached hydrogen (secondary N) is 1. The molecule has 2 amide bonds. The summed E-state index contributed by atoms with van der Waals surface area (Å²) in [6, 6.07) is 13.1. The third-order valence-electron chi connectivity index (χ3n) is 4.42. The van der Waals surface area contributed by atoms with E-state index in [0.29, 0.717) is 35.1 Å². The molecule has 0 saturated heterocycles. The van der Waals surface area contributed by atoms with E-state index in [0.717, 1.165) is 24.8 Å². The summed E-state index contributed by atoms with van der Waals surface area (Å²) in [7, 11) is 0. The minimum atomic E-state index is -0.0595. The van der Waals surface area contributed by atoms with Gasteiger partial charge in [-0.3, -0.25) is 9.59 Å². The topological polar surface area (TPSA) is 58.6 Å². The van der Waals surface area contributed by atoms with E-state index in [9.17, 15) is 9.59 Å². The lowest BCUT2D eigenvalue weighted by molar-refractivity contribution is -0.121. The number of carbonyl (C=O) groups is 2. The summed E-state index contributed by atoms with van der Waals surface area (Å²) in [6.07, 6.45) is 2.85. The van der Waals surface area contributed by atoms with Gasteiger partial charge in [0, 0.05) is 23.7 Å². The highest BCUT2D eigenvalue weighted by Gasteiger charge is 2.25. The standard InChI is InChI=1S/C21H23ClN2O3/c1-2-12-24-18-13-17(10-11-19(18)27-14-21(24)26)23-20(25)5-3-4-15-6-8-16(22)9-7-15/h6-11,13H,2-5,12,14H2,1H3,(H,23,25). The molecule has 0 aliphatic carbocycles. The van der Waals surface area contributed by atoms with Crippen molar-refractivity contribution >= 4 is 34.8 Å². The maximum atomic E-state index is 12.3. The molecule has 1 aliphatic heterocycles. The van der Waals surface area contributed by atoms with Crippen LogP contribution in [-0.4, -0.2) is 25.0 Å². The molecule has 0 bridgehead atoms. The van der Waals surface area contributed by atoms with Crippen LogP contribution in [0.1, 0.15) is 31.7 Å². The van der Waals surface area contributed by atoms with Gasteiger partial charge in [-0.1, -0.05) is 30.7 Å². The van der Waals surface area contributed by atoms with Crippen molar-refractivity contribution in [2.24, 2.45) is 0 Å². The molecule has 0 radical (unpaired) electrons. The van der Waals surface area contributed by atoms with Crippen LogP contribution in [0.4, 0.5) is 11.4 Å². The average Bonchev–Trinajstić information content (AvgIpc) is 2.66. The first-order chi connectivity index (χ1) is 13.1. The van der Waals surface area contributed by atoms with Crippen LogP contribution < -0.4 is 15.0 Å². The van der Waals surface area contributed by atoms with Crippen molar-refractivity contribution in [1.29, 1.82) is 0 Å². The average molecular weight is 387 g/mol. The van der Waals surface area contributed by atoms with Gasteiger partial charge in [0.1, 0.15) is 5.75 Å². The van der Waals surface area contributed by atoms with E-state index in [1.54, 1.807) is 23.1 Å². The van der Waals surface area contributed by atoms with Crippen molar-refractivity contribution in [2.45, 2.75) is 32.6 Å². The molecular formula is C21H23ClN2O3. The van der Waals surface area contributed by atoms with Crippen molar-refractivity contribution in [2.75, 3.05) is 23.4 Å². The number of aryl methyl sites for hydroxylation is 1. The van der Waals surface area contributed by atoms with E-state index >= 15 is 0 Å². The smallest absolute Gasteiger partial charge is 0.265 e. The number of fused-ring (bicyclic) bond motifs is 1. The minimum Gasteiger partial charge on any atom is -0.482 e. The number of halogens is 1. The predicted octanol–water partition coefficient (Wildman–Crippen LogP) is 4.44. The van der Waals surface area contributed by atoms with Crippen LogP contribution in [-0.2, 0) is 16.0 Å². The van der Waals surface area contributed by atoms with Crippen molar-refractivity contribution in [3.05, 3.63) is 53.1 Å². The van der Waals surface area contributed by atoms with Gasteiger partial charge >= 0.3 is 0 Å². The minimum absolute atomic E-state index is 0.0472. The molecular weight excluding hydrogens is 364 g/mol. The Morgan fingerprint density at radius 1 is 1.22 bits per heavy atom. The van der Waals surface area contributed by atoms with E-state index in [2.05, 4.69) is 5.32 Å². The molecule has 0 spiro atoms. The van der Waals surface area contributed by atoms with Gasteiger partial charge in [-0.2, -0.15) is 0 Å². The first-order valence-electron chi connectivity index (χ1n) is 9.18. The van der Waals surface area contributed by atoms with Gasteiger partial charge in [0.2, 0.25) is 5.91 Å². The molecule has 3 rings (SSSR count). The third kappa shape index (κ3) is 5.01. The molecule has 1 aliphatic rings. The molecule has 0 saturated carbocycles. The van der Waals surface area contributed by atoms with Gasteiger partial charge in [0.05, 0.1) is 5.69 Å². The fourth-order valence-corrected chi connectivity index (χ4v) is 3.20. The van der Waals surface area contributed by atoms with Crippen LogP contribution >= 0.6 is 11.6 Å². The van der Waals surface area contributed by atoms with Gasteiger partial charge in [0.15, 0.2) is 6.61 Å². The summed E-state index contributed by atoms with van der Waals surface area (Å²) in [5.74, 6) is 0.564. The van der Waals surface area contributed by atoms with Gasteiger partial charge in [-0.25, -0.2) is 0 Å². The van der Waals surface area contributed by atoms with E-state index in [1.807, 2.05) is 31.2 Å². The first kappa shape index (κ1) is 19.2. The number of anilines is 2. The largest absolute Gasteiger partial charge is 0.482 e. The van der Waals surface area contributed by atoms with Crippen LogP contribution in [0.25, 0.3) is 0 Å². The Morgan fingerprint density at radius 2 is 2.00 bits per heavy atom. The van der Waals surface area contributed by atoms with Crippen molar-refractivity contribution in [1.82, 2.24) is 0 Å². The Morgan fingerprint density at radius 3 is 2.74 bits per heavy atom. The molecule has 0 fully saturated rings. The van der Waals surface area contributed by atoms with E-state index < -0.39 is 0 Å². The van der Waals surface area contributed by atoms with Crippen LogP contribution in [0.2, 0.25) is 5.02 Å². The maximum Gasteiger partial charge on any atom is 0.265 e. The highest BCUT2D eigenvalue weighted by atomic mass is 35.5. The molecule has 2 aromatic carbocycles. The summed E-state index contributed by atoms with van der Waals surface area (Å²) in [5, 5.41) is 3.62. The molecule has 142 valence electrons. The van der Waals surface area contributed by atoms with E-state index in [-0.39, 0.29) is 18.4 Å². The summed E-state index contributed by atoms with van der Waals surface area (Å²) in [4.78, 5) is 26.1. The molecule has 0 aromatic heterocycles. The van der Waals surface area contributed by atoms with Crippen LogP contribution in [0, 0.1) is 0 Å². The number of benzene rings is 2. The van der Waals surface area contributed by atoms with Crippen LogP contribution in [0.15, 0.2) is 42.5 Å². The highest BCUT2D eigenvalue weighted by molar-refractivity contribution is 6.30. The van der Waals surface area contributed by atoms with Crippen LogP contribution in [0.5, 0.6) is 5.75 Å². The third-order valence-corrected chi connectivity index (χ3v) is 4.67. The quantitative estimate of drug-likeness (QED) is 0.765. The lowest BCUT2D eigenvalue weighted by Crippen LogP contribution is -2.39. The normalized spacial score (nSPS) is 13.1.